The zero-order chi connectivity index (χ0) is 12.1. The summed E-state index contributed by atoms with van der Waals surface area (Å²) in [6.07, 6.45) is 1.93. The van der Waals surface area contributed by atoms with Crippen LogP contribution in [-0.4, -0.2) is 24.3 Å². The molecule has 1 aliphatic heterocycles. The van der Waals surface area contributed by atoms with Gasteiger partial charge in [-0.2, -0.15) is 5.26 Å². The minimum Gasteiger partial charge on any atom is -0.364 e. The summed E-state index contributed by atoms with van der Waals surface area (Å²) in [6, 6.07) is 12.9. The van der Waals surface area contributed by atoms with Crippen LogP contribution in [0.15, 0.2) is 30.3 Å². The number of rotatable bonds is 4. The van der Waals surface area contributed by atoms with E-state index >= 15 is 0 Å². The Bertz CT molecular complexity index is 385. The maximum atomic E-state index is 9.24. The van der Waals surface area contributed by atoms with Crippen molar-refractivity contribution in [2.75, 3.05) is 13.3 Å². The van der Waals surface area contributed by atoms with E-state index in [9.17, 15) is 5.26 Å². The van der Waals surface area contributed by atoms with Crippen LogP contribution >= 0.6 is 0 Å². The maximum Gasteiger partial charge on any atom is 0.101 e. The SMILES string of the molecule is CCC[C@@H](C#N)N1COC[C@H]1c1ccccc1. The van der Waals surface area contributed by atoms with Gasteiger partial charge in [0.15, 0.2) is 0 Å². The van der Waals surface area contributed by atoms with Gasteiger partial charge in [-0.15, -0.1) is 0 Å². The number of nitrogens with zero attached hydrogens (tertiary/aromatic N) is 2. The molecule has 0 saturated carbocycles. The van der Waals surface area contributed by atoms with E-state index in [-0.39, 0.29) is 12.1 Å². The zero-order valence-corrected chi connectivity index (χ0v) is 10.2. The van der Waals surface area contributed by atoms with Gasteiger partial charge in [-0.25, -0.2) is 0 Å². The fourth-order valence-corrected chi connectivity index (χ4v) is 2.30. The zero-order valence-electron chi connectivity index (χ0n) is 10.2. The van der Waals surface area contributed by atoms with Crippen LogP contribution in [0, 0.1) is 11.3 Å². The van der Waals surface area contributed by atoms with Crippen LogP contribution in [0.2, 0.25) is 0 Å². The fourth-order valence-electron chi connectivity index (χ4n) is 2.30. The maximum absolute atomic E-state index is 9.24. The molecule has 0 radical (unpaired) electrons. The first-order chi connectivity index (χ1) is 8.36. The van der Waals surface area contributed by atoms with Crippen LogP contribution in [0.1, 0.15) is 31.4 Å². The summed E-state index contributed by atoms with van der Waals surface area (Å²) in [5.41, 5.74) is 1.24. The van der Waals surface area contributed by atoms with Crippen LogP contribution < -0.4 is 0 Å². The Labute approximate surface area is 103 Å². The largest absolute Gasteiger partial charge is 0.364 e. The van der Waals surface area contributed by atoms with Gasteiger partial charge in [0.1, 0.15) is 12.8 Å². The molecular formula is C14H18N2O. The quantitative estimate of drug-likeness (QED) is 0.798. The van der Waals surface area contributed by atoms with Crippen molar-refractivity contribution < 1.29 is 4.74 Å². The van der Waals surface area contributed by atoms with Gasteiger partial charge >= 0.3 is 0 Å². The summed E-state index contributed by atoms with van der Waals surface area (Å²) in [6.45, 7) is 3.36. The lowest BCUT2D eigenvalue weighted by Gasteiger charge is -2.26. The van der Waals surface area contributed by atoms with E-state index < -0.39 is 0 Å². The smallest absolute Gasteiger partial charge is 0.101 e. The molecule has 90 valence electrons. The van der Waals surface area contributed by atoms with Crippen molar-refractivity contribution in [2.24, 2.45) is 0 Å². The Kier molecular flexibility index (Phi) is 4.13. The third-order valence-electron chi connectivity index (χ3n) is 3.21. The number of benzene rings is 1. The molecule has 3 nitrogen and oxygen atoms in total. The summed E-state index contributed by atoms with van der Waals surface area (Å²) < 4.78 is 5.53. The van der Waals surface area contributed by atoms with Gasteiger partial charge in [-0.05, 0) is 12.0 Å². The Balaban J connectivity index is 2.15. The summed E-state index contributed by atoms with van der Waals surface area (Å²) in [5, 5.41) is 9.24. The summed E-state index contributed by atoms with van der Waals surface area (Å²) in [5.74, 6) is 0. The molecule has 1 saturated heterocycles. The molecule has 0 N–H and O–H groups in total. The first-order valence-electron chi connectivity index (χ1n) is 6.15. The van der Waals surface area contributed by atoms with Crippen molar-refractivity contribution in [2.45, 2.75) is 31.8 Å². The molecule has 1 fully saturated rings. The normalized spacial score (nSPS) is 22.2. The van der Waals surface area contributed by atoms with E-state index in [1.54, 1.807) is 0 Å². The van der Waals surface area contributed by atoms with Crippen molar-refractivity contribution >= 4 is 0 Å². The molecule has 0 amide bonds. The van der Waals surface area contributed by atoms with Gasteiger partial charge in [-0.3, -0.25) is 4.90 Å². The molecule has 1 aromatic carbocycles. The monoisotopic (exact) mass is 230 g/mol. The van der Waals surface area contributed by atoms with Crippen molar-refractivity contribution in [1.29, 1.82) is 5.26 Å². The highest BCUT2D eigenvalue weighted by Crippen LogP contribution is 2.29. The summed E-state index contributed by atoms with van der Waals surface area (Å²) in [7, 11) is 0. The molecule has 1 aliphatic rings. The van der Waals surface area contributed by atoms with Crippen molar-refractivity contribution in [3.05, 3.63) is 35.9 Å². The first-order valence-corrected chi connectivity index (χ1v) is 6.15. The number of nitriles is 1. The lowest BCUT2D eigenvalue weighted by atomic mass is 10.0. The Morgan fingerprint density at radius 2 is 2.24 bits per heavy atom. The van der Waals surface area contributed by atoms with Crippen LogP contribution in [-0.2, 0) is 4.74 Å². The lowest BCUT2D eigenvalue weighted by Crippen LogP contribution is -2.34. The van der Waals surface area contributed by atoms with Gasteiger partial charge in [0.2, 0.25) is 0 Å². The minimum absolute atomic E-state index is 0.0345. The summed E-state index contributed by atoms with van der Waals surface area (Å²) in [4.78, 5) is 2.17. The van der Waals surface area contributed by atoms with E-state index in [1.807, 2.05) is 18.2 Å². The van der Waals surface area contributed by atoms with Crippen LogP contribution in [0.4, 0.5) is 0 Å². The number of hydrogen-bond acceptors (Lipinski definition) is 3. The number of ether oxygens (including phenoxy) is 1. The van der Waals surface area contributed by atoms with Gasteiger partial charge in [0.05, 0.1) is 18.7 Å². The molecule has 1 aromatic rings. The topological polar surface area (TPSA) is 36.3 Å². The van der Waals surface area contributed by atoms with Crippen molar-refractivity contribution in [3.63, 3.8) is 0 Å². The van der Waals surface area contributed by atoms with Gasteiger partial charge < -0.3 is 4.74 Å². The Morgan fingerprint density at radius 1 is 1.47 bits per heavy atom. The average molecular weight is 230 g/mol. The fraction of sp³-hybridized carbons (Fsp3) is 0.500. The molecule has 0 spiro atoms. The van der Waals surface area contributed by atoms with Gasteiger partial charge in [0, 0.05) is 0 Å². The second-order valence-corrected chi connectivity index (χ2v) is 4.37. The second-order valence-electron chi connectivity index (χ2n) is 4.37. The van der Waals surface area contributed by atoms with Crippen molar-refractivity contribution in [3.8, 4) is 6.07 Å². The van der Waals surface area contributed by atoms with Gasteiger partial charge in [-0.1, -0.05) is 43.7 Å². The predicted octanol–water partition coefficient (Wildman–Crippen LogP) is 2.71. The third kappa shape index (κ3) is 2.66. The van der Waals surface area contributed by atoms with E-state index in [4.69, 9.17) is 4.74 Å². The molecule has 3 heteroatoms. The predicted molar refractivity (Wildman–Crippen MR) is 66.2 cm³/mol. The molecule has 2 atom stereocenters. The highest BCUT2D eigenvalue weighted by Gasteiger charge is 2.31. The molecule has 1 heterocycles. The van der Waals surface area contributed by atoms with E-state index in [0.29, 0.717) is 13.3 Å². The second kappa shape index (κ2) is 5.81. The molecule has 0 aromatic heterocycles. The standard InChI is InChI=1S/C14H18N2O/c1-2-6-13(9-15)16-11-17-10-14(16)12-7-4-3-5-8-12/h3-5,7-8,13-14H,2,6,10-11H2,1H3/t13-,14-/m0/s1. The highest BCUT2D eigenvalue weighted by molar-refractivity contribution is 5.20. The van der Waals surface area contributed by atoms with E-state index in [2.05, 4.69) is 30.0 Å². The van der Waals surface area contributed by atoms with E-state index in [1.165, 1.54) is 5.56 Å². The van der Waals surface area contributed by atoms with Crippen LogP contribution in [0.5, 0.6) is 0 Å². The number of hydrogen-bond donors (Lipinski definition) is 0. The van der Waals surface area contributed by atoms with Crippen LogP contribution in [0.25, 0.3) is 0 Å². The van der Waals surface area contributed by atoms with Crippen molar-refractivity contribution in [1.82, 2.24) is 4.90 Å². The Morgan fingerprint density at radius 3 is 2.88 bits per heavy atom. The molecular weight excluding hydrogens is 212 g/mol. The lowest BCUT2D eigenvalue weighted by molar-refractivity contribution is 0.120. The van der Waals surface area contributed by atoms with Gasteiger partial charge in [0.25, 0.3) is 0 Å². The molecule has 0 unspecified atom stereocenters. The average Bonchev–Trinajstić information content (AvgIpc) is 2.86. The summed E-state index contributed by atoms with van der Waals surface area (Å²) >= 11 is 0. The molecule has 0 bridgehead atoms. The third-order valence-corrected chi connectivity index (χ3v) is 3.21. The van der Waals surface area contributed by atoms with Crippen LogP contribution in [0.3, 0.4) is 0 Å². The molecule has 17 heavy (non-hydrogen) atoms. The molecule has 2 rings (SSSR count). The Hall–Kier alpha value is -1.37. The minimum atomic E-state index is -0.0345. The molecule has 0 aliphatic carbocycles. The first kappa shape index (κ1) is 12.1. The van der Waals surface area contributed by atoms with E-state index in [0.717, 1.165) is 12.8 Å². The highest BCUT2D eigenvalue weighted by atomic mass is 16.5.